The Morgan fingerprint density at radius 1 is 1.11 bits per heavy atom. The van der Waals surface area contributed by atoms with Crippen LogP contribution in [0.2, 0.25) is 0 Å². The van der Waals surface area contributed by atoms with E-state index in [1.165, 1.54) is 58.5 Å². The van der Waals surface area contributed by atoms with E-state index in [1.54, 1.807) is 0 Å². The molecule has 0 bridgehead atoms. The van der Waals surface area contributed by atoms with E-state index in [0.717, 1.165) is 25.9 Å². The maximum absolute atomic E-state index is 11.6. The number of esters is 1. The molecule has 3 heteroatoms. The maximum Gasteiger partial charge on any atom is 0.323 e. The number of carbonyl (C=O) groups is 1. The third-order valence-corrected chi connectivity index (χ3v) is 4.14. The Labute approximate surface area is 118 Å². The van der Waals surface area contributed by atoms with Gasteiger partial charge in [-0.05, 0) is 32.4 Å². The first-order valence-electron chi connectivity index (χ1n) is 8.11. The normalized spacial score (nSPS) is 19.8. The van der Waals surface area contributed by atoms with Crippen LogP contribution in [0.3, 0.4) is 0 Å². The fourth-order valence-electron chi connectivity index (χ4n) is 2.95. The van der Waals surface area contributed by atoms with Crippen LogP contribution in [0.4, 0.5) is 0 Å². The van der Waals surface area contributed by atoms with Crippen LogP contribution in [0.15, 0.2) is 0 Å². The first kappa shape index (κ1) is 16.5. The SMILES string of the molecule is CCCCCCCCCCN1CCCC1C(=O)OC. The summed E-state index contributed by atoms with van der Waals surface area (Å²) in [6.45, 7) is 4.39. The smallest absolute Gasteiger partial charge is 0.323 e. The quantitative estimate of drug-likeness (QED) is 0.447. The van der Waals surface area contributed by atoms with Crippen LogP contribution < -0.4 is 0 Å². The zero-order chi connectivity index (χ0) is 13.9. The van der Waals surface area contributed by atoms with Gasteiger partial charge >= 0.3 is 5.97 Å². The Hall–Kier alpha value is -0.570. The predicted molar refractivity (Wildman–Crippen MR) is 79.2 cm³/mol. The summed E-state index contributed by atoms with van der Waals surface area (Å²) >= 11 is 0. The van der Waals surface area contributed by atoms with Gasteiger partial charge in [0.2, 0.25) is 0 Å². The number of ether oxygens (including phenoxy) is 1. The van der Waals surface area contributed by atoms with Crippen molar-refractivity contribution in [3.8, 4) is 0 Å². The van der Waals surface area contributed by atoms with Crippen molar-refractivity contribution in [2.75, 3.05) is 20.2 Å². The highest BCUT2D eigenvalue weighted by atomic mass is 16.5. The monoisotopic (exact) mass is 269 g/mol. The Kier molecular flexibility index (Phi) is 8.89. The Bertz CT molecular complexity index is 243. The average Bonchev–Trinajstić information content (AvgIpc) is 2.89. The number of likely N-dealkylation sites (tertiary alicyclic amines) is 1. The van der Waals surface area contributed by atoms with E-state index in [9.17, 15) is 4.79 Å². The van der Waals surface area contributed by atoms with Gasteiger partial charge in [-0.2, -0.15) is 0 Å². The van der Waals surface area contributed by atoms with Gasteiger partial charge in [-0.15, -0.1) is 0 Å². The van der Waals surface area contributed by atoms with Crippen LogP contribution in [0.25, 0.3) is 0 Å². The minimum absolute atomic E-state index is 0.0366. The molecule has 0 N–H and O–H groups in total. The summed E-state index contributed by atoms with van der Waals surface area (Å²) in [5.41, 5.74) is 0. The Morgan fingerprint density at radius 3 is 2.37 bits per heavy atom. The largest absolute Gasteiger partial charge is 0.468 e. The van der Waals surface area contributed by atoms with Gasteiger partial charge < -0.3 is 4.74 Å². The summed E-state index contributed by atoms with van der Waals surface area (Å²) in [4.78, 5) is 13.9. The third kappa shape index (κ3) is 6.42. The lowest BCUT2D eigenvalue weighted by molar-refractivity contribution is -0.145. The summed E-state index contributed by atoms with van der Waals surface area (Å²) in [6, 6.07) is 0.0366. The molecule has 0 aliphatic carbocycles. The topological polar surface area (TPSA) is 29.5 Å². The summed E-state index contributed by atoms with van der Waals surface area (Å²) in [6.07, 6.45) is 12.9. The van der Waals surface area contributed by atoms with Gasteiger partial charge in [-0.3, -0.25) is 9.69 Å². The predicted octanol–water partition coefficient (Wildman–Crippen LogP) is 3.76. The first-order chi connectivity index (χ1) is 9.29. The van der Waals surface area contributed by atoms with Crippen molar-refractivity contribution in [3.63, 3.8) is 0 Å². The third-order valence-electron chi connectivity index (χ3n) is 4.14. The van der Waals surface area contributed by atoms with Crippen molar-refractivity contribution in [3.05, 3.63) is 0 Å². The van der Waals surface area contributed by atoms with Crippen molar-refractivity contribution in [1.82, 2.24) is 4.90 Å². The van der Waals surface area contributed by atoms with Crippen molar-refractivity contribution >= 4 is 5.97 Å². The van der Waals surface area contributed by atoms with Gasteiger partial charge in [0.1, 0.15) is 6.04 Å². The number of hydrogen-bond donors (Lipinski definition) is 0. The van der Waals surface area contributed by atoms with Crippen LogP contribution in [-0.4, -0.2) is 37.1 Å². The molecule has 1 unspecified atom stereocenters. The minimum atomic E-state index is -0.0444. The van der Waals surface area contributed by atoms with Gasteiger partial charge in [0.05, 0.1) is 7.11 Å². The molecule has 1 fully saturated rings. The molecule has 19 heavy (non-hydrogen) atoms. The number of rotatable bonds is 10. The number of unbranched alkanes of at least 4 members (excludes halogenated alkanes) is 7. The van der Waals surface area contributed by atoms with Crippen LogP contribution in [-0.2, 0) is 9.53 Å². The van der Waals surface area contributed by atoms with Crippen LogP contribution in [0, 0.1) is 0 Å². The zero-order valence-electron chi connectivity index (χ0n) is 12.8. The van der Waals surface area contributed by atoms with E-state index in [1.807, 2.05) is 0 Å². The molecule has 112 valence electrons. The molecular weight excluding hydrogens is 238 g/mol. The van der Waals surface area contributed by atoms with Crippen LogP contribution in [0.1, 0.15) is 71.1 Å². The molecule has 0 aromatic rings. The molecule has 0 saturated carbocycles. The van der Waals surface area contributed by atoms with E-state index in [0.29, 0.717) is 0 Å². The van der Waals surface area contributed by atoms with E-state index >= 15 is 0 Å². The summed E-state index contributed by atoms with van der Waals surface area (Å²) in [5.74, 6) is -0.0444. The second-order valence-electron chi connectivity index (χ2n) is 5.69. The molecule has 0 aromatic heterocycles. The number of hydrogen-bond acceptors (Lipinski definition) is 3. The first-order valence-corrected chi connectivity index (χ1v) is 8.11. The van der Waals surface area contributed by atoms with E-state index < -0.39 is 0 Å². The van der Waals surface area contributed by atoms with Crippen LogP contribution >= 0.6 is 0 Å². The van der Waals surface area contributed by atoms with E-state index in [4.69, 9.17) is 4.74 Å². The van der Waals surface area contributed by atoms with Crippen LogP contribution in [0.5, 0.6) is 0 Å². The molecule has 0 amide bonds. The lowest BCUT2D eigenvalue weighted by Gasteiger charge is -2.22. The standard InChI is InChI=1S/C16H31NO2/c1-3-4-5-6-7-8-9-10-13-17-14-11-12-15(17)16(18)19-2/h15H,3-14H2,1-2H3. The molecule has 1 aliphatic rings. The fraction of sp³-hybridized carbons (Fsp3) is 0.938. The van der Waals surface area contributed by atoms with Crippen molar-refractivity contribution in [2.24, 2.45) is 0 Å². The van der Waals surface area contributed by atoms with Crippen molar-refractivity contribution < 1.29 is 9.53 Å². The second kappa shape index (κ2) is 10.2. The molecule has 1 rings (SSSR count). The maximum atomic E-state index is 11.6. The molecule has 3 nitrogen and oxygen atoms in total. The molecular formula is C16H31NO2. The highest BCUT2D eigenvalue weighted by molar-refractivity contribution is 5.75. The number of nitrogens with zero attached hydrogens (tertiary/aromatic N) is 1. The van der Waals surface area contributed by atoms with Crippen molar-refractivity contribution in [2.45, 2.75) is 77.2 Å². The van der Waals surface area contributed by atoms with E-state index in [-0.39, 0.29) is 12.0 Å². The fourth-order valence-corrected chi connectivity index (χ4v) is 2.95. The molecule has 1 heterocycles. The lowest BCUT2D eigenvalue weighted by Crippen LogP contribution is -2.37. The van der Waals surface area contributed by atoms with E-state index in [2.05, 4.69) is 11.8 Å². The van der Waals surface area contributed by atoms with Gasteiger partial charge in [0.25, 0.3) is 0 Å². The Morgan fingerprint density at radius 2 is 1.74 bits per heavy atom. The molecule has 0 spiro atoms. The molecule has 1 saturated heterocycles. The Balaban J connectivity index is 2.01. The minimum Gasteiger partial charge on any atom is -0.468 e. The zero-order valence-corrected chi connectivity index (χ0v) is 12.8. The van der Waals surface area contributed by atoms with Gasteiger partial charge in [-0.1, -0.05) is 51.9 Å². The second-order valence-corrected chi connectivity index (χ2v) is 5.69. The van der Waals surface area contributed by atoms with Gasteiger partial charge in [-0.25, -0.2) is 0 Å². The summed E-state index contributed by atoms with van der Waals surface area (Å²) in [5, 5.41) is 0. The molecule has 0 aromatic carbocycles. The summed E-state index contributed by atoms with van der Waals surface area (Å²) < 4.78 is 4.87. The van der Waals surface area contributed by atoms with Crippen molar-refractivity contribution in [1.29, 1.82) is 0 Å². The number of carbonyl (C=O) groups excluding carboxylic acids is 1. The highest BCUT2D eigenvalue weighted by Crippen LogP contribution is 2.19. The molecule has 0 radical (unpaired) electrons. The summed E-state index contributed by atoms with van der Waals surface area (Å²) in [7, 11) is 1.50. The molecule has 1 aliphatic heterocycles. The van der Waals surface area contributed by atoms with Gasteiger partial charge in [0, 0.05) is 0 Å². The van der Waals surface area contributed by atoms with Gasteiger partial charge in [0.15, 0.2) is 0 Å². The highest BCUT2D eigenvalue weighted by Gasteiger charge is 2.30. The molecule has 1 atom stereocenters. The lowest BCUT2D eigenvalue weighted by atomic mass is 10.1. The number of methoxy groups -OCH3 is 1. The average molecular weight is 269 g/mol.